The fourth-order valence-electron chi connectivity index (χ4n) is 13.9. The van der Waals surface area contributed by atoms with Crippen LogP contribution in [0.25, 0.3) is 0 Å². The first-order valence-corrected chi connectivity index (χ1v) is 25.0. The van der Waals surface area contributed by atoms with Crippen molar-refractivity contribution < 1.29 is 28.5 Å². The molecule has 7 heteroatoms. The Morgan fingerprint density at radius 1 is 0.714 bits per heavy atom. The maximum absolute atomic E-state index is 13.1. The molecule has 5 fully saturated rings. The Hall–Kier alpha value is -3.07. The summed E-state index contributed by atoms with van der Waals surface area (Å²) in [5.74, 6) is 5.52. The first-order valence-electron chi connectivity index (χ1n) is 25.0. The van der Waals surface area contributed by atoms with Gasteiger partial charge in [0, 0.05) is 6.92 Å². The van der Waals surface area contributed by atoms with Crippen LogP contribution < -0.4 is 5.32 Å². The lowest BCUT2D eigenvalue weighted by Gasteiger charge is -2.61. The maximum Gasteiger partial charge on any atom is 0.217 e. The van der Waals surface area contributed by atoms with Crippen molar-refractivity contribution in [3.05, 3.63) is 108 Å². The van der Waals surface area contributed by atoms with Crippen molar-refractivity contribution in [2.45, 2.75) is 175 Å². The zero-order valence-corrected chi connectivity index (χ0v) is 39.4. The topological polar surface area (TPSA) is 75.3 Å². The number of hydrogen-bond donors (Lipinski definition) is 1. The number of amides is 1. The summed E-state index contributed by atoms with van der Waals surface area (Å²) < 4.78 is 34.4. The molecular weight excluding hydrogens is 783 g/mol. The zero-order valence-electron chi connectivity index (χ0n) is 39.4. The van der Waals surface area contributed by atoms with E-state index in [4.69, 9.17) is 23.7 Å². The second-order valence-electron chi connectivity index (χ2n) is 21.5. The van der Waals surface area contributed by atoms with Gasteiger partial charge in [0.2, 0.25) is 5.91 Å². The van der Waals surface area contributed by atoms with Crippen LogP contribution in [0, 0.1) is 52.3 Å². The van der Waals surface area contributed by atoms with Crippen molar-refractivity contribution >= 4 is 5.91 Å². The lowest BCUT2D eigenvalue weighted by atomic mass is 9.44. The maximum atomic E-state index is 13.1. The third kappa shape index (κ3) is 10.8. The highest BCUT2D eigenvalue weighted by atomic mass is 16.7. The van der Waals surface area contributed by atoms with Crippen LogP contribution in [0.1, 0.15) is 135 Å². The summed E-state index contributed by atoms with van der Waals surface area (Å²) in [7, 11) is 0. The average Bonchev–Trinajstić information content (AvgIpc) is 3.64. The highest BCUT2D eigenvalue weighted by Gasteiger charge is 2.61. The molecule has 1 N–H and O–H groups in total. The average molecular weight is 862 g/mol. The van der Waals surface area contributed by atoms with Gasteiger partial charge in [-0.25, -0.2) is 0 Å². The summed E-state index contributed by atoms with van der Waals surface area (Å²) in [6.07, 6.45) is 13.4. The minimum Gasteiger partial charge on any atom is -0.374 e. The van der Waals surface area contributed by atoms with E-state index in [0.717, 1.165) is 65.0 Å². The van der Waals surface area contributed by atoms with Crippen LogP contribution in [0.5, 0.6) is 0 Å². The highest BCUT2D eigenvalue weighted by molar-refractivity contribution is 5.73. The van der Waals surface area contributed by atoms with Crippen LogP contribution in [-0.4, -0.2) is 49.3 Å². The molecule has 1 saturated heterocycles. The van der Waals surface area contributed by atoms with Crippen molar-refractivity contribution in [3.8, 4) is 0 Å². The zero-order chi connectivity index (χ0) is 44.0. The van der Waals surface area contributed by atoms with Gasteiger partial charge in [-0.05, 0) is 127 Å². The second-order valence-corrected chi connectivity index (χ2v) is 21.5. The SMILES string of the molecule is CC(=O)NC1C(O[C@@H]2CC[C@@]3(C)[C@@H](CC[C@@H]4[C@H]3CC[C@@]3(C)[C@H]4CC[C@H]3[C@H](C)CCCC(C)C)C2)OC(COCc2ccccc2)C(OCc2ccccc2)C1OCc1ccccc1. The van der Waals surface area contributed by atoms with Gasteiger partial charge in [-0.15, -0.1) is 0 Å². The molecule has 5 unspecified atom stereocenters. The molecule has 0 bridgehead atoms. The van der Waals surface area contributed by atoms with Crippen LogP contribution in [-0.2, 0) is 48.3 Å². The molecule has 7 nitrogen and oxygen atoms in total. The van der Waals surface area contributed by atoms with Crippen molar-refractivity contribution in [1.82, 2.24) is 5.32 Å². The Morgan fingerprint density at radius 2 is 1.32 bits per heavy atom. The Morgan fingerprint density at radius 3 is 1.95 bits per heavy atom. The molecule has 4 saturated carbocycles. The minimum absolute atomic E-state index is 0.0275. The number of ether oxygens (including phenoxy) is 5. The van der Waals surface area contributed by atoms with Crippen molar-refractivity contribution in [1.29, 1.82) is 0 Å². The molecule has 63 heavy (non-hydrogen) atoms. The molecule has 14 atom stereocenters. The first kappa shape index (κ1) is 46.5. The van der Waals surface area contributed by atoms with Gasteiger partial charge in [-0.2, -0.15) is 0 Å². The highest BCUT2D eigenvalue weighted by Crippen LogP contribution is 2.68. The summed E-state index contributed by atoms with van der Waals surface area (Å²) in [5, 5.41) is 3.26. The van der Waals surface area contributed by atoms with Crippen LogP contribution in [0.2, 0.25) is 0 Å². The van der Waals surface area contributed by atoms with Gasteiger partial charge in [-0.3, -0.25) is 4.79 Å². The second kappa shape index (κ2) is 21.0. The molecule has 1 heterocycles. The molecule has 1 aliphatic heterocycles. The van der Waals surface area contributed by atoms with Crippen molar-refractivity contribution in [2.24, 2.45) is 52.3 Å². The van der Waals surface area contributed by atoms with E-state index >= 15 is 0 Å². The predicted molar refractivity (Wildman–Crippen MR) is 250 cm³/mol. The van der Waals surface area contributed by atoms with E-state index in [9.17, 15) is 4.79 Å². The van der Waals surface area contributed by atoms with E-state index in [2.05, 4.69) is 76.3 Å². The number of hydrogen-bond acceptors (Lipinski definition) is 6. The summed E-state index contributed by atoms with van der Waals surface area (Å²) in [6, 6.07) is 30.1. The normalized spacial score (nSPS) is 35.6. The van der Waals surface area contributed by atoms with Crippen LogP contribution in [0.15, 0.2) is 91.0 Å². The lowest BCUT2D eigenvalue weighted by molar-refractivity contribution is -0.305. The minimum atomic E-state index is -0.726. The number of fused-ring (bicyclic) bond motifs is 5. The Balaban J connectivity index is 0.991. The summed E-state index contributed by atoms with van der Waals surface area (Å²) in [4.78, 5) is 13.1. The molecule has 344 valence electrons. The Kier molecular flexibility index (Phi) is 15.5. The van der Waals surface area contributed by atoms with Gasteiger partial charge < -0.3 is 29.0 Å². The Bertz CT molecular complexity index is 1860. The van der Waals surface area contributed by atoms with E-state index in [0.29, 0.717) is 36.6 Å². The molecule has 8 rings (SSSR count). The number of rotatable bonds is 18. The summed E-state index contributed by atoms with van der Waals surface area (Å²) in [6.45, 7) is 15.8. The molecule has 0 aromatic heterocycles. The molecule has 3 aromatic rings. The quantitative estimate of drug-likeness (QED) is 0.128. The van der Waals surface area contributed by atoms with Gasteiger partial charge in [0.05, 0.1) is 32.5 Å². The van der Waals surface area contributed by atoms with Gasteiger partial charge in [-0.1, -0.05) is 145 Å². The van der Waals surface area contributed by atoms with Gasteiger partial charge >= 0.3 is 0 Å². The molecule has 3 aromatic carbocycles. The van der Waals surface area contributed by atoms with E-state index in [1.807, 2.05) is 54.6 Å². The smallest absolute Gasteiger partial charge is 0.217 e. The molecule has 5 aliphatic rings. The number of carbonyl (C=O) groups excluding carboxylic acids is 1. The first-order chi connectivity index (χ1) is 30.5. The van der Waals surface area contributed by atoms with Crippen LogP contribution in [0.3, 0.4) is 0 Å². The predicted octanol–water partition coefficient (Wildman–Crippen LogP) is 12.1. The third-order valence-electron chi connectivity index (χ3n) is 17.1. The standard InChI is InChI=1S/C56H79NO6/c1-38(2)17-16-18-39(3)47-27-28-48-46-26-25-44-33-45(29-31-55(44,5)49(46)30-32-56(47,48)6)62-54-51(57-40(4)58)53(61-36-43-23-14-9-15-24-43)52(60-35-42-21-12-8-13-22-42)50(63-54)37-59-34-41-19-10-7-11-20-41/h7-15,19-24,38-39,44-54H,16-18,25-37H2,1-6H3,(H,57,58)/t39-,44+,45-,46+,47+,48+,49-,50?,51?,52?,53?,54?,55+,56-/m1/s1. The van der Waals surface area contributed by atoms with Gasteiger partial charge in [0.25, 0.3) is 0 Å². The molecular formula is C56H79NO6. The van der Waals surface area contributed by atoms with Crippen molar-refractivity contribution in [2.75, 3.05) is 6.61 Å². The summed E-state index contributed by atoms with van der Waals surface area (Å²) >= 11 is 0. The fourth-order valence-corrected chi connectivity index (χ4v) is 13.9. The van der Waals surface area contributed by atoms with Gasteiger partial charge in [0.15, 0.2) is 6.29 Å². The monoisotopic (exact) mass is 862 g/mol. The third-order valence-corrected chi connectivity index (χ3v) is 17.1. The van der Waals surface area contributed by atoms with E-state index in [1.54, 1.807) is 6.92 Å². The van der Waals surface area contributed by atoms with Crippen LogP contribution in [0.4, 0.5) is 0 Å². The molecule has 0 spiro atoms. The summed E-state index contributed by atoms with van der Waals surface area (Å²) in [5.41, 5.74) is 4.04. The molecule has 0 radical (unpaired) electrons. The lowest BCUT2D eigenvalue weighted by Crippen LogP contribution is -2.66. The molecule has 1 amide bonds. The van der Waals surface area contributed by atoms with Crippen LogP contribution >= 0.6 is 0 Å². The largest absolute Gasteiger partial charge is 0.374 e. The van der Waals surface area contributed by atoms with E-state index < -0.39 is 30.6 Å². The molecule has 4 aliphatic carbocycles. The fraction of sp³-hybridized carbons (Fsp3) is 0.661. The number of benzene rings is 3. The number of carbonyl (C=O) groups is 1. The Labute approximate surface area is 380 Å². The van der Waals surface area contributed by atoms with E-state index in [-0.39, 0.29) is 18.6 Å². The van der Waals surface area contributed by atoms with Crippen molar-refractivity contribution in [3.63, 3.8) is 0 Å². The number of nitrogens with one attached hydrogen (secondary N) is 1. The van der Waals surface area contributed by atoms with Gasteiger partial charge in [0.1, 0.15) is 24.4 Å². The van der Waals surface area contributed by atoms with E-state index in [1.165, 1.54) is 64.2 Å².